The highest BCUT2D eigenvalue weighted by Crippen LogP contribution is 2.35. The number of piperidine rings is 1. The summed E-state index contributed by atoms with van der Waals surface area (Å²) < 4.78 is 40.0. The number of carbonyl (C=O) groups is 1. The highest BCUT2D eigenvalue weighted by atomic mass is 19.4. The van der Waals surface area contributed by atoms with Crippen LogP contribution in [-0.2, 0) is 6.18 Å². The zero-order valence-corrected chi connectivity index (χ0v) is 17.6. The molecule has 2 N–H and O–H groups in total. The van der Waals surface area contributed by atoms with Crippen LogP contribution in [-0.4, -0.2) is 46.6 Å². The zero-order valence-electron chi connectivity index (χ0n) is 17.6. The smallest absolute Gasteiger partial charge is 0.367 e. The van der Waals surface area contributed by atoms with Crippen LogP contribution in [0.4, 0.5) is 23.8 Å². The van der Waals surface area contributed by atoms with Gasteiger partial charge in [0, 0.05) is 42.8 Å². The van der Waals surface area contributed by atoms with E-state index in [0.29, 0.717) is 36.4 Å². The molecule has 1 aromatic carbocycles. The number of hydrogen-bond acceptors (Lipinski definition) is 4. The maximum atomic E-state index is 13.3. The van der Waals surface area contributed by atoms with Crippen molar-refractivity contribution in [3.63, 3.8) is 0 Å². The lowest BCUT2D eigenvalue weighted by Gasteiger charge is -2.32. The van der Waals surface area contributed by atoms with Crippen molar-refractivity contribution in [2.24, 2.45) is 0 Å². The summed E-state index contributed by atoms with van der Waals surface area (Å²) in [7, 11) is 0. The number of fused-ring (bicyclic) bond motifs is 1. The molecule has 1 fully saturated rings. The second-order valence-corrected chi connectivity index (χ2v) is 7.72. The van der Waals surface area contributed by atoms with Gasteiger partial charge in [-0.05, 0) is 37.5 Å². The first kappa shape index (κ1) is 21.9. The molecule has 0 radical (unpaired) electrons. The first-order valence-electron chi connectivity index (χ1n) is 10.6. The van der Waals surface area contributed by atoms with E-state index in [4.69, 9.17) is 0 Å². The number of halogens is 3. The lowest BCUT2D eigenvalue weighted by molar-refractivity contribution is -0.140. The van der Waals surface area contributed by atoms with Crippen LogP contribution in [0.1, 0.15) is 25.5 Å². The first-order valence-corrected chi connectivity index (χ1v) is 10.6. The quantitative estimate of drug-likeness (QED) is 0.601. The van der Waals surface area contributed by atoms with Gasteiger partial charge in [0.05, 0.1) is 5.52 Å². The number of amides is 2. The van der Waals surface area contributed by atoms with Crippen molar-refractivity contribution in [3.8, 4) is 11.1 Å². The van der Waals surface area contributed by atoms with Crippen LogP contribution in [0.3, 0.4) is 0 Å². The number of anilines is 1. The molecule has 32 heavy (non-hydrogen) atoms. The Labute approximate surface area is 183 Å². The Morgan fingerprint density at radius 3 is 2.50 bits per heavy atom. The number of rotatable bonds is 4. The number of hydrogen-bond donors (Lipinski definition) is 2. The molecule has 6 nitrogen and oxygen atoms in total. The highest BCUT2D eigenvalue weighted by Gasteiger charge is 2.33. The third kappa shape index (κ3) is 4.61. The summed E-state index contributed by atoms with van der Waals surface area (Å²) in [6, 6.07) is 11.5. The van der Waals surface area contributed by atoms with E-state index in [9.17, 15) is 18.0 Å². The maximum Gasteiger partial charge on any atom is 0.433 e. The van der Waals surface area contributed by atoms with Gasteiger partial charge in [0.15, 0.2) is 0 Å². The number of alkyl halides is 3. The molecular weight excluding hydrogens is 419 g/mol. The molecule has 2 amide bonds. The van der Waals surface area contributed by atoms with E-state index in [1.807, 2.05) is 37.3 Å². The fourth-order valence-corrected chi connectivity index (χ4v) is 3.90. The highest BCUT2D eigenvalue weighted by molar-refractivity contribution is 5.99. The molecule has 0 unspecified atom stereocenters. The minimum atomic E-state index is -4.54. The molecular formula is C23H24F3N5O. The number of nitrogens with zero attached hydrogens (tertiary/aromatic N) is 3. The van der Waals surface area contributed by atoms with Crippen molar-refractivity contribution in [1.29, 1.82) is 0 Å². The second-order valence-electron chi connectivity index (χ2n) is 7.72. The van der Waals surface area contributed by atoms with Gasteiger partial charge in [0.25, 0.3) is 0 Å². The van der Waals surface area contributed by atoms with E-state index in [-0.39, 0.29) is 17.6 Å². The van der Waals surface area contributed by atoms with E-state index in [1.165, 1.54) is 6.07 Å². The van der Waals surface area contributed by atoms with Crippen LogP contribution in [0, 0.1) is 0 Å². The van der Waals surface area contributed by atoms with E-state index in [2.05, 4.69) is 20.6 Å². The molecule has 4 rings (SSSR count). The van der Waals surface area contributed by atoms with Crippen molar-refractivity contribution in [3.05, 3.63) is 54.4 Å². The predicted molar refractivity (Wildman–Crippen MR) is 117 cm³/mol. The summed E-state index contributed by atoms with van der Waals surface area (Å²) in [6.45, 7) is 3.65. The van der Waals surface area contributed by atoms with Gasteiger partial charge in [-0.25, -0.2) is 14.8 Å². The number of aromatic nitrogens is 2. The third-order valence-electron chi connectivity index (χ3n) is 5.55. The zero-order chi connectivity index (χ0) is 22.7. The van der Waals surface area contributed by atoms with Gasteiger partial charge < -0.3 is 15.5 Å². The monoisotopic (exact) mass is 443 g/mol. The Hall–Kier alpha value is -3.36. The van der Waals surface area contributed by atoms with E-state index >= 15 is 0 Å². The minimum Gasteiger partial charge on any atom is -0.367 e. The molecule has 0 atom stereocenters. The third-order valence-corrected chi connectivity index (χ3v) is 5.55. The number of pyridine rings is 2. The standard InChI is InChI=1S/C23H24F3N5O/c1-2-27-22(32)31-12-10-16(11-13-31)29-21-17-8-9-19(23(24,25)26)30-20(17)18(14-28-21)15-6-4-3-5-7-15/h3-9,14,16H,2,10-13H2,1H3,(H,27,32)(H,28,29). The number of benzene rings is 1. The summed E-state index contributed by atoms with van der Waals surface area (Å²) >= 11 is 0. The largest absolute Gasteiger partial charge is 0.433 e. The molecule has 0 bridgehead atoms. The first-order chi connectivity index (χ1) is 15.4. The Kier molecular flexibility index (Phi) is 6.16. The number of nitrogens with one attached hydrogen (secondary N) is 2. The van der Waals surface area contributed by atoms with Gasteiger partial charge in [-0.2, -0.15) is 13.2 Å². The van der Waals surface area contributed by atoms with Gasteiger partial charge >= 0.3 is 12.2 Å². The van der Waals surface area contributed by atoms with Crippen molar-refractivity contribution in [2.75, 3.05) is 25.0 Å². The van der Waals surface area contributed by atoms with E-state index in [1.54, 1.807) is 11.1 Å². The van der Waals surface area contributed by atoms with Gasteiger partial charge in [-0.15, -0.1) is 0 Å². The topological polar surface area (TPSA) is 70.2 Å². The molecule has 1 aliphatic rings. The molecule has 0 aliphatic carbocycles. The van der Waals surface area contributed by atoms with Gasteiger partial charge in [-0.3, -0.25) is 0 Å². The summed E-state index contributed by atoms with van der Waals surface area (Å²) in [4.78, 5) is 22.3. The Morgan fingerprint density at radius 2 is 1.84 bits per heavy atom. The lowest BCUT2D eigenvalue weighted by atomic mass is 10.0. The average molecular weight is 443 g/mol. The van der Waals surface area contributed by atoms with E-state index < -0.39 is 11.9 Å². The molecule has 1 aliphatic heterocycles. The molecule has 1 saturated heterocycles. The Bertz CT molecular complexity index is 1100. The van der Waals surface area contributed by atoms with Crippen LogP contribution in [0.15, 0.2) is 48.7 Å². The second kappa shape index (κ2) is 9.02. The Morgan fingerprint density at radius 1 is 1.12 bits per heavy atom. The fraction of sp³-hybridized carbons (Fsp3) is 0.348. The van der Waals surface area contributed by atoms with Crippen molar-refractivity contribution < 1.29 is 18.0 Å². The van der Waals surface area contributed by atoms with Crippen molar-refractivity contribution in [1.82, 2.24) is 20.2 Å². The van der Waals surface area contributed by atoms with Crippen LogP contribution in [0.5, 0.6) is 0 Å². The van der Waals surface area contributed by atoms with Crippen LogP contribution in [0.2, 0.25) is 0 Å². The molecule has 2 aromatic heterocycles. The summed E-state index contributed by atoms with van der Waals surface area (Å²) in [5.74, 6) is 0.498. The normalized spacial score (nSPS) is 15.1. The van der Waals surface area contributed by atoms with E-state index in [0.717, 1.165) is 24.5 Å². The molecule has 3 heterocycles. The summed E-state index contributed by atoms with van der Waals surface area (Å²) in [5.41, 5.74) is 0.611. The van der Waals surface area contributed by atoms with Gasteiger partial charge in [0.2, 0.25) is 0 Å². The summed E-state index contributed by atoms with van der Waals surface area (Å²) in [6.07, 6.45) is -1.54. The molecule has 0 spiro atoms. The summed E-state index contributed by atoms with van der Waals surface area (Å²) in [5, 5.41) is 6.69. The van der Waals surface area contributed by atoms with Crippen LogP contribution in [0.25, 0.3) is 22.0 Å². The average Bonchev–Trinajstić information content (AvgIpc) is 2.79. The van der Waals surface area contributed by atoms with Crippen molar-refractivity contribution >= 4 is 22.8 Å². The number of urea groups is 1. The maximum absolute atomic E-state index is 13.3. The van der Waals surface area contributed by atoms with Gasteiger partial charge in [0.1, 0.15) is 11.5 Å². The molecule has 0 saturated carbocycles. The molecule has 168 valence electrons. The predicted octanol–water partition coefficient (Wildman–Crippen LogP) is 4.92. The SMILES string of the molecule is CCNC(=O)N1CCC(Nc2ncc(-c3ccccc3)c3nc(C(F)(F)F)ccc23)CC1. The lowest BCUT2D eigenvalue weighted by Crippen LogP contribution is -2.46. The van der Waals surface area contributed by atoms with Crippen LogP contribution < -0.4 is 10.6 Å². The molecule has 3 aromatic rings. The van der Waals surface area contributed by atoms with Gasteiger partial charge in [-0.1, -0.05) is 30.3 Å². The number of carbonyl (C=O) groups excluding carboxylic acids is 1. The van der Waals surface area contributed by atoms with Crippen LogP contribution >= 0.6 is 0 Å². The van der Waals surface area contributed by atoms with Crippen molar-refractivity contribution in [2.45, 2.75) is 32.0 Å². The fourth-order valence-electron chi connectivity index (χ4n) is 3.90. The number of likely N-dealkylation sites (tertiary alicyclic amines) is 1. The molecule has 9 heteroatoms. The Balaban J connectivity index is 1.64. The minimum absolute atomic E-state index is 0.0567.